The average Bonchev–Trinajstić information content (AvgIpc) is 3.24. The number of piperidine rings is 1. The molecular formula is C26H37N3O6. The topological polar surface area (TPSA) is 105 Å². The first-order valence-corrected chi connectivity index (χ1v) is 12.1. The molecule has 1 spiro atoms. The van der Waals surface area contributed by atoms with Crippen LogP contribution in [0.4, 0.5) is 4.79 Å². The first-order valence-electron chi connectivity index (χ1n) is 12.1. The summed E-state index contributed by atoms with van der Waals surface area (Å²) < 4.78 is 10.5. The highest BCUT2D eigenvalue weighted by Crippen LogP contribution is 2.40. The van der Waals surface area contributed by atoms with E-state index in [1.807, 2.05) is 25.7 Å². The first kappa shape index (κ1) is 26.7. The summed E-state index contributed by atoms with van der Waals surface area (Å²) in [5.74, 6) is -0.611. The molecule has 2 aliphatic rings. The van der Waals surface area contributed by atoms with Crippen LogP contribution in [0.25, 0.3) is 0 Å². The number of benzene rings is 1. The molecule has 35 heavy (non-hydrogen) atoms. The summed E-state index contributed by atoms with van der Waals surface area (Å²) >= 11 is 0. The lowest BCUT2D eigenvalue weighted by molar-refractivity contribution is -0.146. The summed E-state index contributed by atoms with van der Waals surface area (Å²) in [5.41, 5.74) is 0.679. The molecule has 0 aromatic heterocycles. The Labute approximate surface area is 207 Å². The molecule has 1 atom stereocenters. The second-order valence-electron chi connectivity index (χ2n) is 10.5. The van der Waals surface area contributed by atoms with E-state index >= 15 is 0 Å². The molecule has 192 valence electrons. The smallest absolute Gasteiger partial charge is 0.330 e. The Kier molecular flexibility index (Phi) is 8.20. The Bertz CT molecular complexity index is 945. The number of Topliss-reactive ketones (excluding diaryl/α,β-unsaturated/α-hetero) is 1. The Balaban J connectivity index is 1.54. The number of ketones is 1. The number of nitrogens with zero attached hydrogens (tertiary/aromatic N) is 2. The average molecular weight is 488 g/mol. The molecule has 9 heteroatoms. The van der Waals surface area contributed by atoms with Crippen LogP contribution < -0.4 is 5.32 Å². The lowest BCUT2D eigenvalue weighted by Gasteiger charge is -2.39. The fraction of sp³-hybridized carbons (Fsp3) is 0.615. The van der Waals surface area contributed by atoms with E-state index in [1.165, 1.54) is 14.0 Å². The molecule has 0 bridgehead atoms. The molecule has 1 N–H and O–H groups in total. The van der Waals surface area contributed by atoms with Gasteiger partial charge in [-0.3, -0.25) is 9.59 Å². The molecule has 9 nitrogen and oxygen atoms in total. The van der Waals surface area contributed by atoms with E-state index in [4.69, 9.17) is 9.47 Å². The number of rotatable bonds is 6. The number of esters is 1. The summed E-state index contributed by atoms with van der Waals surface area (Å²) in [5, 5.41) is 2.76. The molecule has 1 unspecified atom stereocenters. The zero-order valence-corrected chi connectivity index (χ0v) is 21.4. The molecule has 2 saturated heterocycles. The molecule has 1 aromatic carbocycles. The monoisotopic (exact) mass is 487 g/mol. The maximum absolute atomic E-state index is 12.9. The minimum absolute atomic E-state index is 0.0293. The number of hydrogen-bond donors (Lipinski definition) is 1. The van der Waals surface area contributed by atoms with Crippen LogP contribution in [-0.2, 0) is 14.3 Å². The second-order valence-corrected chi connectivity index (χ2v) is 10.5. The highest BCUT2D eigenvalue weighted by Gasteiger charge is 2.43. The molecule has 0 aliphatic carbocycles. The van der Waals surface area contributed by atoms with Crippen molar-refractivity contribution >= 4 is 23.7 Å². The minimum Gasteiger partial charge on any atom is -0.467 e. The number of nitrogens with one attached hydrogen (secondary N) is 1. The van der Waals surface area contributed by atoms with E-state index in [1.54, 1.807) is 29.2 Å². The Morgan fingerprint density at radius 2 is 1.51 bits per heavy atom. The third-order valence-corrected chi connectivity index (χ3v) is 6.84. The summed E-state index contributed by atoms with van der Waals surface area (Å²) in [4.78, 5) is 53.0. The third-order valence-electron chi connectivity index (χ3n) is 6.84. The van der Waals surface area contributed by atoms with E-state index in [0.717, 1.165) is 19.3 Å². The highest BCUT2D eigenvalue weighted by molar-refractivity contribution is 5.97. The molecule has 2 heterocycles. The largest absolute Gasteiger partial charge is 0.467 e. The molecule has 2 aliphatic heterocycles. The fourth-order valence-corrected chi connectivity index (χ4v) is 4.62. The Morgan fingerprint density at radius 3 is 2.03 bits per heavy atom. The van der Waals surface area contributed by atoms with Crippen molar-refractivity contribution in [3.8, 4) is 0 Å². The zero-order chi connectivity index (χ0) is 25.8. The predicted molar refractivity (Wildman–Crippen MR) is 130 cm³/mol. The standard InChI is InChI=1S/C26H37N3O6/c1-18(30)19-6-8-20(9-7-19)22(31)28-13-10-26(11-14-28)12-15-29(17-26)24(33)27-21(23(32)34-5)16-35-25(2,3)4/h6-9,21H,10-17H2,1-5H3,(H,27,33). The van der Waals surface area contributed by atoms with Crippen molar-refractivity contribution in [3.63, 3.8) is 0 Å². The van der Waals surface area contributed by atoms with Gasteiger partial charge in [0.2, 0.25) is 0 Å². The van der Waals surface area contributed by atoms with Gasteiger partial charge in [0, 0.05) is 37.3 Å². The number of methoxy groups -OCH3 is 1. The Morgan fingerprint density at radius 1 is 0.971 bits per heavy atom. The number of urea groups is 1. The van der Waals surface area contributed by atoms with Gasteiger partial charge < -0.3 is 24.6 Å². The summed E-state index contributed by atoms with van der Waals surface area (Å²) in [6.07, 6.45) is 2.47. The van der Waals surface area contributed by atoms with Crippen LogP contribution in [0.2, 0.25) is 0 Å². The molecular weight excluding hydrogens is 450 g/mol. The van der Waals surface area contributed by atoms with Gasteiger partial charge in [-0.2, -0.15) is 0 Å². The zero-order valence-electron chi connectivity index (χ0n) is 21.4. The first-order chi connectivity index (χ1) is 16.4. The van der Waals surface area contributed by atoms with Crippen molar-refractivity contribution in [3.05, 3.63) is 35.4 Å². The Hall–Kier alpha value is -2.94. The van der Waals surface area contributed by atoms with Gasteiger partial charge in [0.15, 0.2) is 11.8 Å². The van der Waals surface area contributed by atoms with Crippen molar-refractivity contribution in [2.75, 3.05) is 39.9 Å². The van der Waals surface area contributed by atoms with Gasteiger partial charge in [0.1, 0.15) is 0 Å². The predicted octanol–water partition coefficient (Wildman–Crippen LogP) is 2.88. The summed E-state index contributed by atoms with van der Waals surface area (Å²) in [7, 11) is 1.29. The van der Waals surface area contributed by atoms with Gasteiger partial charge >= 0.3 is 12.0 Å². The molecule has 0 saturated carbocycles. The van der Waals surface area contributed by atoms with Gasteiger partial charge in [-0.15, -0.1) is 0 Å². The third kappa shape index (κ3) is 6.81. The molecule has 1 aromatic rings. The normalized spacial score (nSPS) is 18.3. The van der Waals surface area contributed by atoms with Crippen molar-refractivity contribution in [1.29, 1.82) is 0 Å². The van der Waals surface area contributed by atoms with Gasteiger partial charge in [0.05, 0.1) is 19.3 Å². The maximum atomic E-state index is 12.9. The second kappa shape index (κ2) is 10.8. The maximum Gasteiger partial charge on any atom is 0.330 e. The van der Waals surface area contributed by atoms with E-state index in [0.29, 0.717) is 37.3 Å². The van der Waals surface area contributed by atoms with Gasteiger partial charge in [-0.1, -0.05) is 12.1 Å². The highest BCUT2D eigenvalue weighted by atomic mass is 16.5. The van der Waals surface area contributed by atoms with E-state index < -0.39 is 17.6 Å². The van der Waals surface area contributed by atoms with Crippen molar-refractivity contribution in [2.24, 2.45) is 5.41 Å². The summed E-state index contributed by atoms with van der Waals surface area (Å²) in [6.45, 7) is 9.60. The minimum atomic E-state index is -0.878. The van der Waals surface area contributed by atoms with Gasteiger partial charge in [0.25, 0.3) is 5.91 Å². The molecule has 2 fully saturated rings. The van der Waals surface area contributed by atoms with Crippen molar-refractivity contribution < 1.29 is 28.7 Å². The van der Waals surface area contributed by atoms with Gasteiger partial charge in [-0.25, -0.2) is 9.59 Å². The fourth-order valence-electron chi connectivity index (χ4n) is 4.62. The van der Waals surface area contributed by atoms with Crippen molar-refractivity contribution in [1.82, 2.24) is 15.1 Å². The number of amides is 3. The van der Waals surface area contributed by atoms with E-state index in [-0.39, 0.29) is 29.7 Å². The SMILES string of the molecule is COC(=O)C(COC(C)(C)C)NC(=O)N1CCC2(CCN(C(=O)c3ccc(C(C)=O)cc3)CC2)C1. The van der Waals surface area contributed by atoms with E-state index in [9.17, 15) is 19.2 Å². The van der Waals surface area contributed by atoms with Crippen LogP contribution in [0.1, 0.15) is 67.7 Å². The summed E-state index contributed by atoms with van der Waals surface area (Å²) in [6, 6.07) is 5.58. The number of carbonyl (C=O) groups is 4. The number of ether oxygens (including phenoxy) is 2. The lowest BCUT2D eigenvalue weighted by atomic mass is 9.77. The van der Waals surface area contributed by atoms with Crippen LogP contribution >= 0.6 is 0 Å². The van der Waals surface area contributed by atoms with E-state index in [2.05, 4.69) is 5.32 Å². The number of hydrogen-bond acceptors (Lipinski definition) is 6. The van der Waals surface area contributed by atoms with Crippen LogP contribution in [-0.4, -0.2) is 85.0 Å². The number of likely N-dealkylation sites (tertiary alicyclic amines) is 2. The van der Waals surface area contributed by atoms with Crippen molar-refractivity contribution in [2.45, 2.75) is 58.6 Å². The molecule has 3 rings (SSSR count). The van der Waals surface area contributed by atoms with Crippen LogP contribution in [0.5, 0.6) is 0 Å². The van der Waals surface area contributed by atoms with Crippen LogP contribution in [0.15, 0.2) is 24.3 Å². The van der Waals surface area contributed by atoms with Crippen LogP contribution in [0, 0.1) is 5.41 Å². The van der Waals surface area contributed by atoms with Gasteiger partial charge in [-0.05, 0) is 64.5 Å². The lowest BCUT2D eigenvalue weighted by Crippen LogP contribution is -2.51. The van der Waals surface area contributed by atoms with Crippen LogP contribution in [0.3, 0.4) is 0 Å². The number of carbonyl (C=O) groups excluding carboxylic acids is 4. The molecule has 3 amide bonds. The quantitative estimate of drug-likeness (QED) is 0.489. The molecule has 0 radical (unpaired) electrons.